The van der Waals surface area contributed by atoms with Crippen molar-refractivity contribution >= 4 is 5.78 Å². The summed E-state index contributed by atoms with van der Waals surface area (Å²) in [5, 5.41) is 8.58. The fourth-order valence-corrected chi connectivity index (χ4v) is 1.69. The third-order valence-corrected chi connectivity index (χ3v) is 2.38. The van der Waals surface area contributed by atoms with Gasteiger partial charge in [0.1, 0.15) is 5.78 Å². The molecule has 0 bridgehead atoms. The number of hydrogen-bond donors (Lipinski definition) is 1. The molecule has 0 amide bonds. The first-order valence-corrected chi connectivity index (χ1v) is 5.07. The maximum absolute atomic E-state index is 11.3. The monoisotopic (exact) mass is 186 g/mol. The van der Waals surface area contributed by atoms with Crippen molar-refractivity contribution in [3.8, 4) is 0 Å². The Kier molecular flexibility index (Phi) is 5.01. The molecular weight excluding hydrogens is 168 g/mol. The molecule has 3 nitrogen and oxygen atoms in total. The molecule has 0 spiro atoms. The predicted molar refractivity (Wildman–Crippen MR) is 49.5 cm³/mol. The Balaban J connectivity index is 2.28. The molecule has 1 aliphatic rings. The Hall–Kier alpha value is -0.410. The van der Waals surface area contributed by atoms with E-state index in [1.807, 2.05) is 0 Å². The van der Waals surface area contributed by atoms with Crippen molar-refractivity contribution in [2.24, 2.45) is 0 Å². The highest BCUT2D eigenvalue weighted by atomic mass is 16.5. The molecule has 3 heteroatoms. The van der Waals surface area contributed by atoms with Gasteiger partial charge in [0, 0.05) is 12.8 Å². The van der Waals surface area contributed by atoms with Gasteiger partial charge in [0.25, 0.3) is 0 Å². The molecule has 1 atom stereocenters. The Morgan fingerprint density at radius 2 is 2.23 bits per heavy atom. The van der Waals surface area contributed by atoms with Crippen molar-refractivity contribution < 1.29 is 14.6 Å². The zero-order valence-electron chi connectivity index (χ0n) is 8.00. The van der Waals surface area contributed by atoms with E-state index in [4.69, 9.17) is 9.84 Å². The summed E-state index contributed by atoms with van der Waals surface area (Å²) in [5.74, 6) is 0.308. The minimum absolute atomic E-state index is 0.0463. The number of hydrogen-bond acceptors (Lipinski definition) is 3. The molecule has 0 aromatic rings. The lowest BCUT2D eigenvalue weighted by Gasteiger charge is -2.18. The number of ketones is 1. The van der Waals surface area contributed by atoms with Gasteiger partial charge < -0.3 is 9.84 Å². The molecule has 0 heterocycles. The van der Waals surface area contributed by atoms with Crippen LogP contribution < -0.4 is 0 Å². The number of aliphatic hydroxyl groups is 1. The first-order valence-electron chi connectivity index (χ1n) is 5.07. The smallest absolute Gasteiger partial charge is 0.135 e. The van der Waals surface area contributed by atoms with Crippen LogP contribution >= 0.6 is 0 Å². The first kappa shape index (κ1) is 10.7. The standard InChI is InChI=1S/C10H18O3/c11-6-7-13-10-5-3-1-2-4-9(12)8-10/h10-11H,1-8H2. The van der Waals surface area contributed by atoms with E-state index >= 15 is 0 Å². The Bertz CT molecular complexity index is 154. The van der Waals surface area contributed by atoms with E-state index in [1.54, 1.807) is 0 Å². The maximum Gasteiger partial charge on any atom is 0.135 e. The predicted octanol–water partition coefficient (Wildman–Crippen LogP) is 1.29. The van der Waals surface area contributed by atoms with Crippen LogP contribution in [-0.4, -0.2) is 30.2 Å². The second-order valence-corrected chi connectivity index (χ2v) is 3.56. The summed E-state index contributed by atoms with van der Waals surface area (Å²) in [6.07, 6.45) is 5.57. The molecule has 1 fully saturated rings. The average Bonchev–Trinajstić information content (AvgIpc) is 2.09. The summed E-state index contributed by atoms with van der Waals surface area (Å²) in [6.45, 7) is 0.405. The van der Waals surface area contributed by atoms with Crippen LogP contribution in [0.25, 0.3) is 0 Å². The Morgan fingerprint density at radius 1 is 1.38 bits per heavy atom. The molecular formula is C10H18O3. The van der Waals surface area contributed by atoms with Gasteiger partial charge in [0.2, 0.25) is 0 Å². The van der Waals surface area contributed by atoms with Crippen molar-refractivity contribution in [1.82, 2.24) is 0 Å². The van der Waals surface area contributed by atoms with Crippen molar-refractivity contribution in [2.45, 2.75) is 44.6 Å². The number of Topliss-reactive ketones (excluding diaryl/α,β-unsaturated/α-hetero) is 1. The van der Waals surface area contributed by atoms with Crippen LogP contribution in [0, 0.1) is 0 Å². The van der Waals surface area contributed by atoms with Crippen LogP contribution in [0.3, 0.4) is 0 Å². The van der Waals surface area contributed by atoms with E-state index in [1.165, 1.54) is 0 Å². The van der Waals surface area contributed by atoms with Crippen LogP contribution in [0.4, 0.5) is 0 Å². The average molecular weight is 186 g/mol. The van der Waals surface area contributed by atoms with Crippen LogP contribution in [0.1, 0.15) is 38.5 Å². The quantitative estimate of drug-likeness (QED) is 0.722. The van der Waals surface area contributed by atoms with E-state index in [9.17, 15) is 4.79 Å². The minimum atomic E-state index is 0.0463. The van der Waals surface area contributed by atoms with Crippen LogP contribution in [-0.2, 0) is 9.53 Å². The van der Waals surface area contributed by atoms with Gasteiger partial charge in [-0.25, -0.2) is 0 Å². The van der Waals surface area contributed by atoms with Crippen LogP contribution in [0.2, 0.25) is 0 Å². The summed E-state index contributed by atoms with van der Waals surface area (Å²) in [7, 11) is 0. The molecule has 1 rings (SSSR count). The van der Waals surface area contributed by atoms with Gasteiger partial charge in [-0.3, -0.25) is 4.79 Å². The second-order valence-electron chi connectivity index (χ2n) is 3.56. The fraction of sp³-hybridized carbons (Fsp3) is 0.900. The van der Waals surface area contributed by atoms with Gasteiger partial charge in [-0.15, -0.1) is 0 Å². The number of rotatable bonds is 3. The third kappa shape index (κ3) is 4.39. The normalized spacial score (nSPS) is 25.3. The summed E-state index contributed by atoms with van der Waals surface area (Å²) in [4.78, 5) is 11.3. The summed E-state index contributed by atoms with van der Waals surface area (Å²) >= 11 is 0. The molecule has 13 heavy (non-hydrogen) atoms. The van der Waals surface area contributed by atoms with E-state index in [0.29, 0.717) is 25.2 Å². The van der Waals surface area contributed by atoms with Gasteiger partial charge in [-0.05, 0) is 12.8 Å². The SMILES string of the molecule is O=C1CCCCCC(OCCO)C1. The largest absolute Gasteiger partial charge is 0.394 e. The van der Waals surface area contributed by atoms with E-state index in [-0.39, 0.29) is 12.7 Å². The number of aliphatic hydroxyl groups excluding tert-OH is 1. The van der Waals surface area contributed by atoms with Gasteiger partial charge in [-0.1, -0.05) is 12.8 Å². The lowest BCUT2D eigenvalue weighted by Crippen LogP contribution is -2.21. The molecule has 0 aliphatic heterocycles. The molecule has 1 saturated carbocycles. The second kappa shape index (κ2) is 6.11. The number of carbonyl (C=O) groups is 1. The van der Waals surface area contributed by atoms with Gasteiger partial charge >= 0.3 is 0 Å². The van der Waals surface area contributed by atoms with Crippen LogP contribution in [0.15, 0.2) is 0 Å². The minimum Gasteiger partial charge on any atom is -0.394 e. The molecule has 0 radical (unpaired) electrons. The third-order valence-electron chi connectivity index (χ3n) is 2.38. The zero-order chi connectivity index (χ0) is 9.52. The molecule has 1 N–H and O–H groups in total. The lowest BCUT2D eigenvalue weighted by atomic mass is 9.98. The van der Waals surface area contributed by atoms with Crippen molar-refractivity contribution in [1.29, 1.82) is 0 Å². The van der Waals surface area contributed by atoms with Crippen molar-refractivity contribution in [3.05, 3.63) is 0 Å². The fourth-order valence-electron chi connectivity index (χ4n) is 1.69. The lowest BCUT2D eigenvalue weighted by molar-refractivity contribution is -0.123. The van der Waals surface area contributed by atoms with Gasteiger partial charge in [0.05, 0.1) is 19.3 Å². The molecule has 1 unspecified atom stereocenters. The number of ether oxygens (including phenoxy) is 1. The van der Waals surface area contributed by atoms with Gasteiger partial charge in [-0.2, -0.15) is 0 Å². The number of carbonyl (C=O) groups excluding carboxylic acids is 1. The van der Waals surface area contributed by atoms with Crippen molar-refractivity contribution in [3.63, 3.8) is 0 Å². The Morgan fingerprint density at radius 3 is 3.00 bits per heavy atom. The van der Waals surface area contributed by atoms with E-state index in [2.05, 4.69) is 0 Å². The molecule has 76 valence electrons. The maximum atomic E-state index is 11.3. The molecule has 1 aliphatic carbocycles. The molecule has 0 aromatic carbocycles. The highest BCUT2D eigenvalue weighted by Crippen LogP contribution is 2.17. The van der Waals surface area contributed by atoms with Crippen LogP contribution in [0.5, 0.6) is 0 Å². The Labute approximate surface area is 79.1 Å². The molecule has 0 aromatic heterocycles. The summed E-state index contributed by atoms with van der Waals surface area (Å²) in [5.41, 5.74) is 0. The topological polar surface area (TPSA) is 46.5 Å². The van der Waals surface area contributed by atoms with E-state index in [0.717, 1.165) is 25.7 Å². The summed E-state index contributed by atoms with van der Waals surface area (Å²) in [6, 6.07) is 0. The first-order chi connectivity index (χ1) is 6.33. The zero-order valence-corrected chi connectivity index (χ0v) is 8.00. The molecule has 0 saturated heterocycles. The highest BCUT2D eigenvalue weighted by Gasteiger charge is 2.16. The van der Waals surface area contributed by atoms with E-state index < -0.39 is 0 Å². The van der Waals surface area contributed by atoms with Crippen molar-refractivity contribution in [2.75, 3.05) is 13.2 Å². The summed E-state index contributed by atoms with van der Waals surface area (Å²) < 4.78 is 5.37. The highest BCUT2D eigenvalue weighted by molar-refractivity contribution is 5.78. The van der Waals surface area contributed by atoms with Gasteiger partial charge in [0.15, 0.2) is 0 Å².